The highest BCUT2D eigenvalue weighted by Crippen LogP contribution is 2.27. The summed E-state index contributed by atoms with van der Waals surface area (Å²) in [5.41, 5.74) is 0. The van der Waals surface area contributed by atoms with Crippen LogP contribution in [0.25, 0.3) is 0 Å². The smallest absolute Gasteiger partial charge is 0.233 e. The lowest BCUT2D eigenvalue weighted by molar-refractivity contribution is -0.120. The quantitative estimate of drug-likeness (QED) is 0.517. The fourth-order valence-corrected chi connectivity index (χ4v) is 3.29. The highest BCUT2D eigenvalue weighted by atomic mass is 35.5. The molecule has 0 aliphatic rings. The number of ether oxygens (including phenoxy) is 2. The van der Waals surface area contributed by atoms with Gasteiger partial charge in [-0.2, -0.15) is 0 Å². The van der Waals surface area contributed by atoms with E-state index in [1.54, 1.807) is 7.11 Å². The molecular weight excluding hydrogens is 358 g/mol. The van der Waals surface area contributed by atoms with Gasteiger partial charge in [0.25, 0.3) is 0 Å². The first-order valence-electron chi connectivity index (χ1n) is 8.09. The minimum Gasteiger partial charge on any atom is -0.493 e. The molecule has 25 heavy (non-hydrogen) atoms. The van der Waals surface area contributed by atoms with Gasteiger partial charge in [-0.25, -0.2) is 0 Å². The molecule has 0 radical (unpaired) electrons. The van der Waals surface area contributed by atoms with Gasteiger partial charge >= 0.3 is 0 Å². The lowest BCUT2D eigenvalue weighted by atomic mass is 10.3. The van der Waals surface area contributed by atoms with Crippen LogP contribution >= 0.6 is 23.4 Å². The van der Waals surface area contributed by atoms with Gasteiger partial charge in [-0.1, -0.05) is 30.7 Å². The zero-order valence-electron chi connectivity index (χ0n) is 14.3. The predicted octanol–water partition coefficient (Wildman–Crippen LogP) is 4.41. The summed E-state index contributed by atoms with van der Waals surface area (Å²) in [6.45, 7) is 2.82. The van der Waals surface area contributed by atoms with Crippen molar-refractivity contribution in [2.24, 2.45) is 0 Å². The van der Waals surface area contributed by atoms with Gasteiger partial charge in [-0.15, -0.1) is 11.8 Å². The third-order valence-electron chi connectivity index (χ3n) is 3.48. The molecule has 1 atom stereocenters. The van der Waals surface area contributed by atoms with E-state index in [-0.39, 0.29) is 11.2 Å². The molecular formula is C19H22ClNO3S. The number of nitrogens with one attached hydrogen (secondary N) is 1. The molecule has 0 aliphatic carbocycles. The third-order valence-corrected chi connectivity index (χ3v) is 5.11. The first-order chi connectivity index (χ1) is 12.1. The molecule has 0 fully saturated rings. The molecule has 2 aromatic carbocycles. The van der Waals surface area contributed by atoms with Crippen LogP contribution in [0.3, 0.4) is 0 Å². The lowest BCUT2D eigenvalue weighted by Gasteiger charge is -2.15. The fourth-order valence-electron chi connectivity index (χ4n) is 2.19. The summed E-state index contributed by atoms with van der Waals surface area (Å²) in [6, 6.07) is 14.9. The summed E-state index contributed by atoms with van der Waals surface area (Å²) >= 11 is 7.42. The number of rotatable bonds is 9. The van der Waals surface area contributed by atoms with Crippen molar-refractivity contribution in [2.75, 3.05) is 20.3 Å². The van der Waals surface area contributed by atoms with E-state index in [4.69, 9.17) is 21.1 Å². The van der Waals surface area contributed by atoms with Crippen molar-refractivity contribution in [1.82, 2.24) is 5.32 Å². The number of carbonyl (C=O) groups excluding carboxylic acids is 1. The van der Waals surface area contributed by atoms with E-state index < -0.39 is 0 Å². The van der Waals surface area contributed by atoms with Gasteiger partial charge < -0.3 is 14.8 Å². The molecule has 0 aromatic heterocycles. The molecule has 4 nitrogen and oxygen atoms in total. The zero-order chi connectivity index (χ0) is 18.1. The number of halogens is 1. The van der Waals surface area contributed by atoms with E-state index in [0.717, 1.165) is 11.3 Å². The molecule has 1 amide bonds. The molecule has 0 saturated carbocycles. The average Bonchev–Trinajstić information content (AvgIpc) is 2.64. The summed E-state index contributed by atoms with van der Waals surface area (Å²) in [5.74, 6) is 1.35. The molecule has 2 rings (SSSR count). The topological polar surface area (TPSA) is 47.6 Å². The van der Waals surface area contributed by atoms with Crippen molar-refractivity contribution in [2.45, 2.75) is 23.5 Å². The second-order valence-electron chi connectivity index (χ2n) is 5.26. The van der Waals surface area contributed by atoms with E-state index >= 15 is 0 Å². The van der Waals surface area contributed by atoms with Crippen LogP contribution in [0.2, 0.25) is 5.02 Å². The van der Waals surface area contributed by atoms with E-state index in [1.807, 2.05) is 55.5 Å². The largest absolute Gasteiger partial charge is 0.493 e. The second-order valence-corrected chi connectivity index (χ2v) is 6.97. The Morgan fingerprint density at radius 3 is 2.48 bits per heavy atom. The maximum Gasteiger partial charge on any atom is 0.233 e. The molecule has 0 saturated heterocycles. The van der Waals surface area contributed by atoms with Gasteiger partial charge in [0, 0.05) is 9.92 Å². The Bertz CT molecular complexity index is 679. The Labute approximate surface area is 157 Å². The number of hydrogen-bond acceptors (Lipinski definition) is 4. The average molecular weight is 380 g/mol. The molecule has 0 spiro atoms. The Balaban J connectivity index is 1.78. The summed E-state index contributed by atoms with van der Waals surface area (Å²) in [7, 11) is 1.60. The van der Waals surface area contributed by atoms with E-state index in [0.29, 0.717) is 29.7 Å². The second kappa shape index (κ2) is 10.2. The van der Waals surface area contributed by atoms with Crippen molar-refractivity contribution in [3.05, 3.63) is 53.6 Å². The van der Waals surface area contributed by atoms with Crippen molar-refractivity contribution < 1.29 is 14.3 Å². The maximum atomic E-state index is 12.3. The summed E-state index contributed by atoms with van der Waals surface area (Å²) in [4.78, 5) is 13.4. The number of benzene rings is 2. The van der Waals surface area contributed by atoms with Crippen molar-refractivity contribution >= 4 is 29.3 Å². The van der Waals surface area contributed by atoms with Crippen LogP contribution in [-0.4, -0.2) is 31.4 Å². The summed E-state index contributed by atoms with van der Waals surface area (Å²) < 4.78 is 10.9. The molecule has 134 valence electrons. The molecule has 6 heteroatoms. The van der Waals surface area contributed by atoms with Crippen molar-refractivity contribution in [3.8, 4) is 11.5 Å². The Kier molecular flexibility index (Phi) is 7.95. The van der Waals surface area contributed by atoms with Crippen molar-refractivity contribution in [1.29, 1.82) is 0 Å². The summed E-state index contributed by atoms with van der Waals surface area (Å²) in [5, 5.41) is 3.47. The predicted molar refractivity (Wildman–Crippen MR) is 103 cm³/mol. The minimum atomic E-state index is -0.146. The van der Waals surface area contributed by atoms with Gasteiger partial charge in [0.1, 0.15) is 6.61 Å². The number of para-hydroxylation sites is 2. The number of amides is 1. The van der Waals surface area contributed by atoms with Crippen LogP contribution in [0.5, 0.6) is 11.5 Å². The molecule has 0 heterocycles. The van der Waals surface area contributed by atoms with E-state index in [2.05, 4.69) is 5.32 Å². The number of carbonyl (C=O) groups is 1. The van der Waals surface area contributed by atoms with Gasteiger partial charge in [0.05, 0.1) is 18.9 Å². The maximum absolute atomic E-state index is 12.3. The fraction of sp³-hybridized carbons (Fsp3) is 0.316. The number of hydrogen-bond donors (Lipinski definition) is 1. The highest BCUT2D eigenvalue weighted by Gasteiger charge is 2.17. The van der Waals surface area contributed by atoms with Gasteiger partial charge in [-0.3, -0.25) is 4.79 Å². The molecule has 0 aliphatic heterocycles. The van der Waals surface area contributed by atoms with Crippen LogP contribution in [0.15, 0.2) is 53.4 Å². The van der Waals surface area contributed by atoms with Crippen LogP contribution in [0.1, 0.15) is 13.3 Å². The van der Waals surface area contributed by atoms with E-state index in [9.17, 15) is 4.79 Å². The van der Waals surface area contributed by atoms with Crippen molar-refractivity contribution in [3.63, 3.8) is 0 Å². The highest BCUT2D eigenvalue weighted by molar-refractivity contribution is 8.00. The third kappa shape index (κ3) is 6.18. The normalized spacial score (nSPS) is 11.6. The van der Waals surface area contributed by atoms with Crippen LogP contribution in [0, 0.1) is 0 Å². The van der Waals surface area contributed by atoms with E-state index in [1.165, 1.54) is 11.8 Å². The molecule has 2 aromatic rings. The zero-order valence-corrected chi connectivity index (χ0v) is 15.9. The molecule has 0 unspecified atom stereocenters. The SMILES string of the molecule is CC[C@@H](Sc1ccc(Cl)cc1)C(=O)NCCOc1ccccc1OC. The van der Waals surface area contributed by atoms with Gasteiger partial charge in [0.15, 0.2) is 11.5 Å². The Hall–Kier alpha value is -1.85. The number of thioether (sulfide) groups is 1. The van der Waals surface area contributed by atoms with Gasteiger partial charge in [-0.05, 0) is 42.8 Å². The monoisotopic (exact) mass is 379 g/mol. The van der Waals surface area contributed by atoms with Crippen LogP contribution < -0.4 is 14.8 Å². The first kappa shape index (κ1) is 19.5. The lowest BCUT2D eigenvalue weighted by Crippen LogP contribution is -2.35. The summed E-state index contributed by atoms with van der Waals surface area (Å²) in [6.07, 6.45) is 0.743. The first-order valence-corrected chi connectivity index (χ1v) is 9.35. The molecule has 1 N–H and O–H groups in total. The number of methoxy groups -OCH3 is 1. The Morgan fingerprint density at radius 2 is 1.84 bits per heavy atom. The molecule has 0 bridgehead atoms. The van der Waals surface area contributed by atoms with Crippen LogP contribution in [-0.2, 0) is 4.79 Å². The standard InChI is InChI=1S/C19H22ClNO3S/c1-3-18(25-15-10-8-14(20)9-11-15)19(22)21-12-13-24-17-7-5-4-6-16(17)23-2/h4-11,18H,3,12-13H2,1-2H3,(H,21,22)/t18-/m1/s1. The van der Waals surface area contributed by atoms with Crippen LogP contribution in [0.4, 0.5) is 0 Å². The minimum absolute atomic E-state index is 0.00563. The van der Waals surface area contributed by atoms with Gasteiger partial charge in [0.2, 0.25) is 5.91 Å². The Morgan fingerprint density at radius 1 is 1.16 bits per heavy atom.